The van der Waals surface area contributed by atoms with E-state index in [1.165, 1.54) is 0 Å². The first-order chi connectivity index (χ1) is 12.4. The Morgan fingerprint density at radius 3 is 2.81 bits per heavy atom. The monoisotopic (exact) mass is 429 g/mol. The molecule has 0 aliphatic heterocycles. The van der Waals surface area contributed by atoms with E-state index in [9.17, 15) is 4.79 Å². The van der Waals surface area contributed by atoms with Gasteiger partial charge in [0.25, 0.3) is 0 Å². The fraction of sp³-hybridized carbons (Fsp3) is 0.105. The van der Waals surface area contributed by atoms with Crippen molar-refractivity contribution in [3.8, 4) is 17.3 Å². The molecule has 0 radical (unpaired) electrons. The molecule has 0 unspecified atom stereocenters. The minimum atomic E-state index is -0.415. The number of rotatable bonds is 2. The van der Waals surface area contributed by atoms with E-state index >= 15 is 0 Å². The molecule has 0 bridgehead atoms. The Balaban J connectivity index is 2.01. The topological polar surface area (TPSA) is 60.9 Å². The molecule has 1 aromatic carbocycles. The highest BCUT2D eigenvalue weighted by molar-refractivity contribution is 9.10. The second kappa shape index (κ2) is 6.37. The van der Waals surface area contributed by atoms with Crippen molar-refractivity contribution in [2.45, 2.75) is 13.8 Å². The van der Waals surface area contributed by atoms with Gasteiger partial charge in [0.15, 0.2) is 0 Å². The molecule has 4 aromatic rings. The van der Waals surface area contributed by atoms with Gasteiger partial charge in [0, 0.05) is 23.1 Å². The van der Waals surface area contributed by atoms with Crippen molar-refractivity contribution in [3.05, 3.63) is 73.9 Å². The average molecular weight is 431 g/mol. The maximum atomic E-state index is 12.5. The molecule has 0 amide bonds. The first kappa shape index (κ1) is 17.0. The van der Waals surface area contributed by atoms with Gasteiger partial charge in [-0.25, -0.2) is 9.78 Å². The largest absolute Gasteiger partial charge is 0.401 e. The molecular formula is C19H13BrClN3O2. The highest BCUT2D eigenvalue weighted by Crippen LogP contribution is 2.30. The van der Waals surface area contributed by atoms with E-state index in [1.54, 1.807) is 24.5 Å². The molecule has 0 saturated carbocycles. The zero-order chi connectivity index (χ0) is 18.4. The number of hydrogen-bond donors (Lipinski definition) is 0. The molecule has 0 atom stereocenters. The van der Waals surface area contributed by atoms with E-state index in [4.69, 9.17) is 16.0 Å². The second-order valence-corrected chi connectivity index (χ2v) is 7.35. The quantitative estimate of drug-likeness (QED) is 0.445. The fourth-order valence-electron chi connectivity index (χ4n) is 3.00. The molecule has 7 heteroatoms. The fourth-order valence-corrected chi connectivity index (χ4v) is 3.63. The van der Waals surface area contributed by atoms with Crippen LogP contribution < -0.4 is 5.63 Å². The van der Waals surface area contributed by atoms with Crippen LogP contribution in [0.15, 0.2) is 56.5 Å². The Labute approximate surface area is 162 Å². The number of pyridine rings is 1. The van der Waals surface area contributed by atoms with Gasteiger partial charge in [0.05, 0.1) is 21.6 Å². The van der Waals surface area contributed by atoms with E-state index in [2.05, 4.69) is 25.9 Å². The van der Waals surface area contributed by atoms with Crippen molar-refractivity contribution in [2.75, 3.05) is 0 Å². The summed E-state index contributed by atoms with van der Waals surface area (Å²) >= 11 is 9.75. The Hall–Kier alpha value is -2.44. The van der Waals surface area contributed by atoms with Crippen molar-refractivity contribution in [3.63, 3.8) is 0 Å². The third-order valence-electron chi connectivity index (χ3n) is 4.08. The summed E-state index contributed by atoms with van der Waals surface area (Å²) in [5, 5.41) is 0.956. The summed E-state index contributed by atoms with van der Waals surface area (Å²) in [6.45, 7) is 3.87. The lowest BCUT2D eigenvalue weighted by Gasteiger charge is -2.10. The summed E-state index contributed by atoms with van der Waals surface area (Å²) in [5.74, 6) is 0.230. The minimum Gasteiger partial charge on any atom is -0.401 e. The van der Waals surface area contributed by atoms with Gasteiger partial charge in [0.2, 0.25) is 5.89 Å². The van der Waals surface area contributed by atoms with Crippen LogP contribution in [0.1, 0.15) is 11.1 Å². The van der Waals surface area contributed by atoms with Gasteiger partial charge in [-0.3, -0.25) is 4.98 Å². The molecule has 0 fully saturated rings. The lowest BCUT2D eigenvalue weighted by Crippen LogP contribution is -2.06. The van der Waals surface area contributed by atoms with Gasteiger partial charge in [-0.15, -0.1) is 0 Å². The molecule has 0 aliphatic rings. The third kappa shape index (κ3) is 2.85. The Morgan fingerprint density at radius 1 is 1.23 bits per heavy atom. The van der Waals surface area contributed by atoms with E-state index in [0.29, 0.717) is 27.3 Å². The van der Waals surface area contributed by atoms with Crippen LogP contribution in [0, 0.1) is 13.8 Å². The number of nitrogens with zero attached hydrogens (tertiary/aromatic N) is 3. The van der Waals surface area contributed by atoms with Crippen LogP contribution in [-0.4, -0.2) is 14.5 Å². The summed E-state index contributed by atoms with van der Waals surface area (Å²) in [4.78, 5) is 21.2. The lowest BCUT2D eigenvalue weighted by molar-refractivity contribution is 0.515. The summed E-state index contributed by atoms with van der Waals surface area (Å²) in [6.07, 6.45) is 5.05. The molecule has 0 spiro atoms. The lowest BCUT2D eigenvalue weighted by atomic mass is 10.1. The Bertz CT molecular complexity index is 1210. The van der Waals surface area contributed by atoms with Crippen LogP contribution in [0.5, 0.6) is 0 Å². The van der Waals surface area contributed by atoms with E-state index in [-0.39, 0.29) is 5.89 Å². The molecule has 0 aliphatic carbocycles. The number of aryl methyl sites for hydroxylation is 2. The van der Waals surface area contributed by atoms with Crippen molar-refractivity contribution in [1.82, 2.24) is 14.5 Å². The SMILES string of the molecule is Cc1cc(C)c2nc(-c3cc(Br)cn3-c3ccncc3Cl)oc(=O)c2c1. The average Bonchev–Trinajstić information content (AvgIpc) is 2.97. The normalized spacial score (nSPS) is 11.2. The summed E-state index contributed by atoms with van der Waals surface area (Å²) in [5.41, 5.74) is 3.46. The molecule has 26 heavy (non-hydrogen) atoms. The van der Waals surface area contributed by atoms with Crippen molar-refractivity contribution < 1.29 is 4.42 Å². The zero-order valence-electron chi connectivity index (χ0n) is 14.0. The first-order valence-electron chi connectivity index (χ1n) is 7.84. The zero-order valence-corrected chi connectivity index (χ0v) is 16.3. The van der Waals surface area contributed by atoms with Gasteiger partial charge < -0.3 is 8.98 Å². The van der Waals surface area contributed by atoms with Gasteiger partial charge in [0.1, 0.15) is 5.69 Å². The molecule has 4 rings (SSSR count). The Kier molecular flexibility index (Phi) is 4.17. The number of halogens is 2. The van der Waals surface area contributed by atoms with Crippen LogP contribution in [0.3, 0.4) is 0 Å². The third-order valence-corrected chi connectivity index (χ3v) is 4.81. The maximum absolute atomic E-state index is 12.5. The predicted octanol–water partition coefficient (Wildman–Crippen LogP) is 5.07. The Morgan fingerprint density at radius 2 is 2.04 bits per heavy atom. The number of fused-ring (bicyclic) bond motifs is 1. The smallest absolute Gasteiger partial charge is 0.347 e. The standard InChI is InChI=1S/C19H13BrClN3O2/c1-10-5-11(2)17-13(6-10)19(25)26-18(23-17)16-7-12(20)9-24(16)15-3-4-22-8-14(15)21/h3-9H,1-2H3. The molecule has 3 heterocycles. The van der Waals surface area contributed by atoms with E-state index < -0.39 is 5.63 Å². The summed E-state index contributed by atoms with van der Waals surface area (Å²) in [6, 6.07) is 7.40. The molecule has 5 nitrogen and oxygen atoms in total. The van der Waals surface area contributed by atoms with Crippen molar-refractivity contribution in [2.24, 2.45) is 0 Å². The highest BCUT2D eigenvalue weighted by Gasteiger charge is 2.17. The maximum Gasteiger partial charge on any atom is 0.347 e. The van der Waals surface area contributed by atoms with Crippen LogP contribution in [0.25, 0.3) is 28.2 Å². The van der Waals surface area contributed by atoms with Gasteiger partial charge in [-0.1, -0.05) is 17.7 Å². The number of benzene rings is 1. The van der Waals surface area contributed by atoms with E-state index in [0.717, 1.165) is 15.6 Å². The van der Waals surface area contributed by atoms with Gasteiger partial charge >= 0.3 is 5.63 Å². The van der Waals surface area contributed by atoms with Crippen molar-refractivity contribution >= 4 is 38.4 Å². The predicted molar refractivity (Wildman–Crippen MR) is 105 cm³/mol. The van der Waals surface area contributed by atoms with E-state index in [1.807, 2.05) is 36.7 Å². The molecule has 3 aromatic heterocycles. The molecular weight excluding hydrogens is 418 g/mol. The van der Waals surface area contributed by atoms with Gasteiger partial charge in [-0.2, -0.15) is 0 Å². The van der Waals surface area contributed by atoms with Crippen molar-refractivity contribution in [1.29, 1.82) is 0 Å². The van der Waals surface area contributed by atoms with Crippen LogP contribution in [0.2, 0.25) is 5.02 Å². The van der Waals surface area contributed by atoms with Crippen LogP contribution in [-0.2, 0) is 0 Å². The van der Waals surface area contributed by atoms with Crippen LogP contribution in [0.4, 0.5) is 0 Å². The summed E-state index contributed by atoms with van der Waals surface area (Å²) < 4.78 is 8.16. The minimum absolute atomic E-state index is 0.230. The highest BCUT2D eigenvalue weighted by atomic mass is 79.9. The van der Waals surface area contributed by atoms with Crippen LogP contribution >= 0.6 is 27.5 Å². The number of aromatic nitrogens is 3. The number of hydrogen-bond acceptors (Lipinski definition) is 4. The summed E-state index contributed by atoms with van der Waals surface area (Å²) in [7, 11) is 0. The molecule has 0 saturated heterocycles. The second-order valence-electron chi connectivity index (χ2n) is 6.03. The molecule has 0 N–H and O–H groups in total. The first-order valence-corrected chi connectivity index (χ1v) is 9.01. The molecule has 130 valence electrons. The van der Waals surface area contributed by atoms with Gasteiger partial charge in [-0.05, 0) is 59.1 Å².